The first-order valence-corrected chi connectivity index (χ1v) is 22.6. The molecule has 3 aromatic rings. The fourth-order valence-corrected chi connectivity index (χ4v) is 8.30. The Morgan fingerprint density at radius 1 is 0.855 bits per heavy atom. The van der Waals surface area contributed by atoms with Crippen molar-refractivity contribution in [1.82, 2.24) is 52.2 Å². The van der Waals surface area contributed by atoms with Crippen LogP contribution in [0.2, 0.25) is 0 Å². The zero-order valence-corrected chi connectivity index (χ0v) is 38.7. The summed E-state index contributed by atoms with van der Waals surface area (Å²) >= 11 is 0. The van der Waals surface area contributed by atoms with Crippen LogP contribution in [0.3, 0.4) is 0 Å². The monoisotopic (exact) mass is 957 g/mol. The highest BCUT2D eigenvalue weighted by Gasteiger charge is 2.46. The van der Waals surface area contributed by atoms with Gasteiger partial charge in [0.15, 0.2) is 11.4 Å². The summed E-state index contributed by atoms with van der Waals surface area (Å²) in [6.45, 7) is 7.90. The Bertz CT molecular complexity index is 2380. The van der Waals surface area contributed by atoms with Crippen molar-refractivity contribution in [2.45, 2.75) is 127 Å². The second-order valence-electron chi connectivity index (χ2n) is 17.7. The molecule has 6 rings (SSSR count). The van der Waals surface area contributed by atoms with Crippen molar-refractivity contribution in [3.8, 4) is 11.5 Å². The van der Waals surface area contributed by atoms with Crippen molar-refractivity contribution in [3.63, 3.8) is 0 Å². The number of aromatic nitrogens is 3. The first kappa shape index (κ1) is 51.3. The van der Waals surface area contributed by atoms with Gasteiger partial charge in [-0.25, -0.2) is 9.97 Å². The number of carbonyl (C=O) groups is 7. The number of aliphatic hydroxyl groups is 1. The Labute approximate surface area is 397 Å². The fraction of sp³-hybridized carbons (Fsp3) is 0.500. The molecular weight excluding hydrogens is 899 g/mol. The smallest absolute Gasteiger partial charge is 0.274 e. The molecule has 23 heteroatoms. The highest BCUT2D eigenvalue weighted by molar-refractivity contribution is 6.00. The van der Waals surface area contributed by atoms with Gasteiger partial charge in [-0.05, 0) is 75.9 Å². The summed E-state index contributed by atoms with van der Waals surface area (Å²) in [6.07, 6.45) is 2.84. The van der Waals surface area contributed by atoms with Gasteiger partial charge in [0.1, 0.15) is 29.6 Å². The Morgan fingerprint density at radius 3 is 2.07 bits per heavy atom. The maximum Gasteiger partial charge on any atom is 0.274 e. The molecule has 3 saturated heterocycles. The predicted molar refractivity (Wildman–Crippen MR) is 243 cm³/mol. The van der Waals surface area contributed by atoms with E-state index in [4.69, 9.17) is 14.9 Å². The summed E-state index contributed by atoms with van der Waals surface area (Å²) in [5, 5.41) is 59.2. The van der Waals surface area contributed by atoms with Crippen molar-refractivity contribution in [1.29, 1.82) is 5.41 Å². The molecule has 0 aromatic carbocycles. The number of pyridine rings is 3. The Balaban J connectivity index is 1.11. The summed E-state index contributed by atoms with van der Waals surface area (Å²) in [7, 11) is 0. The SMILES string of the molecule is CC(=N)C(NC(=O)c1ncccc1O)C(C)NC(=O)C(NC(=O)C(C)CC1CC(C2NC(=O)C(C)C(O)C(Cc3cccnc3)NC(=O)C(NC(=O)c3ncccc3O)C(C)NC2=O)O1)C1CCO1. The van der Waals surface area contributed by atoms with Crippen molar-refractivity contribution in [3.05, 3.63) is 78.1 Å². The Morgan fingerprint density at radius 2 is 1.49 bits per heavy atom. The largest absolute Gasteiger partial charge is 0.505 e. The van der Waals surface area contributed by atoms with Crippen molar-refractivity contribution < 1.29 is 58.4 Å². The fourth-order valence-electron chi connectivity index (χ4n) is 8.30. The van der Waals surface area contributed by atoms with Crippen molar-refractivity contribution in [2.75, 3.05) is 6.61 Å². The van der Waals surface area contributed by atoms with E-state index < -0.39 is 126 Å². The molecule has 7 amide bonds. The second-order valence-corrected chi connectivity index (χ2v) is 17.7. The molecule has 3 aromatic heterocycles. The molecule has 0 radical (unpaired) electrons. The molecule has 13 atom stereocenters. The number of hydrogen-bond donors (Lipinski definition) is 11. The van der Waals surface area contributed by atoms with Gasteiger partial charge in [-0.1, -0.05) is 19.9 Å². The van der Waals surface area contributed by atoms with E-state index in [2.05, 4.69) is 52.2 Å². The normalized spacial score (nSPS) is 26.7. The van der Waals surface area contributed by atoms with Crippen molar-refractivity contribution >= 4 is 47.1 Å². The number of amides is 7. The quantitative estimate of drug-likeness (QED) is 0.0760. The molecule has 6 heterocycles. The summed E-state index contributed by atoms with van der Waals surface area (Å²) in [5.41, 5.74) is -0.0102. The van der Waals surface area contributed by atoms with E-state index in [1.807, 2.05) is 0 Å². The molecule has 3 fully saturated rings. The molecule has 0 bridgehead atoms. The lowest BCUT2D eigenvalue weighted by atomic mass is 9.88. The van der Waals surface area contributed by atoms with Gasteiger partial charge in [-0.15, -0.1) is 0 Å². The van der Waals surface area contributed by atoms with Gasteiger partial charge in [0.2, 0.25) is 29.5 Å². The summed E-state index contributed by atoms with van der Waals surface area (Å²) in [5.74, 6) is -7.86. The van der Waals surface area contributed by atoms with Crippen molar-refractivity contribution in [2.24, 2.45) is 11.8 Å². The molecule has 23 nitrogen and oxygen atoms in total. The minimum absolute atomic E-state index is 0.00331. The van der Waals surface area contributed by atoms with Crippen LogP contribution in [0, 0.1) is 17.2 Å². The Hall–Kier alpha value is -7.11. The number of nitrogens with zero attached hydrogens (tertiary/aromatic N) is 3. The summed E-state index contributed by atoms with van der Waals surface area (Å²) < 4.78 is 11.7. The number of ether oxygens (including phenoxy) is 2. The summed E-state index contributed by atoms with van der Waals surface area (Å²) in [4.78, 5) is 107. The second kappa shape index (κ2) is 22.8. The third-order valence-electron chi connectivity index (χ3n) is 12.5. The summed E-state index contributed by atoms with van der Waals surface area (Å²) in [6, 6.07) is 0.722. The molecule has 13 unspecified atom stereocenters. The molecule has 0 saturated carbocycles. The number of hydrogen-bond acceptors (Lipinski definition) is 16. The first-order valence-electron chi connectivity index (χ1n) is 22.6. The first-order chi connectivity index (χ1) is 32.8. The average molecular weight is 958 g/mol. The lowest BCUT2D eigenvalue weighted by molar-refractivity contribution is -0.165. The van der Waals surface area contributed by atoms with Gasteiger partial charge in [-0.2, -0.15) is 0 Å². The van der Waals surface area contributed by atoms with Crippen LogP contribution in [0.25, 0.3) is 0 Å². The van der Waals surface area contributed by atoms with Crippen LogP contribution in [0.1, 0.15) is 80.4 Å². The number of rotatable bonds is 16. The highest BCUT2D eigenvalue weighted by atomic mass is 16.5. The maximum absolute atomic E-state index is 14.1. The number of aliphatic hydroxyl groups excluding tert-OH is 1. The lowest BCUT2D eigenvalue weighted by Gasteiger charge is -2.42. The highest BCUT2D eigenvalue weighted by Crippen LogP contribution is 2.30. The van der Waals surface area contributed by atoms with Gasteiger partial charge in [0.25, 0.3) is 11.8 Å². The van der Waals surface area contributed by atoms with Gasteiger partial charge in [0, 0.05) is 49.4 Å². The molecule has 0 spiro atoms. The minimum atomic E-state index is -1.51. The molecule has 370 valence electrons. The van der Waals surface area contributed by atoms with Crippen LogP contribution >= 0.6 is 0 Å². The van der Waals surface area contributed by atoms with Crippen LogP contribution in [-0.4, -0.2) is 151 Å². The molecule has 3 aliphatic rings. The zero-order chi connectivity index (χ0) is 50.1. The number of aromatic hydroxyl groups is 2. The van der Waals surface area contributed by atoms with E-state index in [1.165, 1.54) is 63.6 Å². The number of carbonyl (C=O) groups excluding carboxylic acids is 7. The molecular formula is C46H59N11O12. The molecule has 11 N–H and O–H groups in total. The van der Waals surface area contributed by atoms with Crippen LogP contribution < -0.4 is 37.2 Å². The van der Waals surface area contributed by atoms with Gasteiger partial charge in [0.05, 0.1) is 54.5 Å². The van der Waals surface area contributed by atoms with E-state index >= 15 is 0 Å². The number of nitrogens with one attached hydrogen (secondary N) is 8. The topological polar surface area (TPSA) is 345 Å². The third kappa shape index (κ3) is 12.7. The van der Waals surface area contributed by atoms with Crippen LogP contribution in [0.15, 0.2) is 61.2 Å². The lowest BCUT2D eigenvalue weighted by Crippen LogP contribution is -2.66. The van der Waals surface area contributed by atoms with E-state index in [9.17, 15) is 48.9 Å². The van der Waals surface area contributed by atoms with Crippen LogP contribution in [0.5, 0.6) is 11.5 Å². The van der Waals surface area contributed by atoms with E-state index in [-0.39, 0.29) is 42.1 Å². The zero-order valence-electron chi connectivity index (χ0n) is 38.7. The molecule has 3 aliphatic heterocycles. The minimum Gasteiger partial charge on any atom is -0.505 e. The maximum atomic E-state index is 14.1. The predicted octanol–water partition coefficient (Wildman–Crippen LogP) is -1.09. The van der Waals surface area contributed by atoms with Crippen LogP contribution in [0.4, 0.5) is 0 Å². The average Bonchev–Trinajstić information content (AvgIpc) is 3.28. The van der Waals surface area contributed by atoms with E-state index in [0.29, 0.717) is 18.6 Å². The standard InChI is InChI=1S/C46H59N11O12/c1-21(40(61)56-37(31-12-16-68-31)45(66)51-24(4)33(23(3)47)54-43(64)35-29(58)10-7-14-49-35)17-27-19-32(69-27)38-46(67)52-25(5)34(55-44(65)36-30(59)11-8-15-50-36)42(63)53-28(18-26-9-6-13-48-20-26)39(60)22(2)41(62)57-38/h6-11,13-15,20-22,24-25,27-28,31-34,37-39,47,58-60H,12,16-19H2,1-5H3,(H,51,66)(H,52,67)(H,53,63)(H,54,64)(H,55,65)(H,56,61)(H,57,62). The molecule has 69 heavy (non-hydrogen) atoms. The van der Waals surface area contributed by atoms with Crippen LogP contribution in [-0.2, 0) is 39.9 Å². The molecule has 0 aliphatic carbocycles. The van der Waals surface area contributed by atoms with E-state index in [0.717, 1.165) is 0 Å². The third-order valence-corrected chi connectivity index (χ3v) is 12.5. The van der Waals surface area contributed by atoms with Gasteiger partial charge < -0.3 is 67.4 Å². The van der Waals surface area contributed by atoms with E-state index in [1.54, 1.807) is 32.2 Å². The van der Waals surface area contributed by atoms with Gasteiger partial charge in [-0.3, -0.25) is 38.5 Å². The Kier molecular flexibility index (Phi) is 16.9. The van der Waals surface area contributed by atoms with Gasteiger partial charge >= 0.3 is 0 Å².